The van der Waals surface area contributed by atoms with Crippen molar-refractivity contribution >= 4 is 21.8 Å². The number of hydrogen-bond acceptors (Lipinski definition) is 2. The molecule has 1 fully saturated rings. The standard InChI is InChI=1S/C16H22BrNO2/c1-12(10-13-4-6-14(17)7-5-13)15(20)18-16(11-19)8-2-3-9-16/h4-7,12,19H,2-3,8-11H2,1H3,(H,18,20). The van der Waals surface area contributed by atoms with E-state index in [1.54, 1.807) is 0 Å². The molecule has 0 bridgehead atoms. The Morgan fingerprint density at radius 2 is 1.95 bits per heavy atom. The van der Waals surface area contributed by atoms with E-state index in [-0.39, 0.29) is 24.0 Å². The summed E-state index contributed by atoms with van der Waals surface area (Å²) >= 11 is 3.41. The summed E-state index contributed by atoms with van der Waals surface area (Å²) in [6.45, 7) is 1.99. The highest BCUT2D eigenvalue weighted by molar-refractivity contribution is 9.10. The van der Waals surface area contributed by atoms with Gasteiger partial charge in [0.25, 0.3) is 0 Å². The van der Waals surface area contributed by atoms with Crippen LogP contribution in [0.4, 0.5) is 0 Å². The Kier molecular flexibility index (Phi) is 5.22. The third-order valence-corrected chi connectivity index (χ3v) is 4.68. The zero-order valence-corrected chi connectivity index (χ0v) is 13.4. The number of benzene rings is 1. The minimum Gasteiger partial charge on any atom is -0.394 e. The molecule has 1 aliphatic carbocycles. The van der Waals surface area contributed by atoms with Crippen LogP contribution >= 0.6 is 15.9 Å². The first kappa shape index (κ1) is 15.5. The lowest BCUT2D eigenvalue weighted by Crippen LogP contribution is -2.51. The van der Waals surface area contributed by atoms with E-state index in [4.69, 9.17) is 0 Å². The maximum absolute atomic E-state index is 12.3. The number of aliphatic hydroxyl groups excluding tert-OH is 1. The number of rotatable bonds is 5. The molecule has 1 unspecified atom stereocenters. The molecule has 2 N–H and O–H groups in total. The quantitative estimate of drug-likeness (QED) is 0.866. The predicted octanol–water partition coefficient (Wildman–Crippen LogP) is 3.05. The highest BCUT2D eigenvalue weighted by atomic mass is 79.9. The Bertz CT molecular complexity index is 452. The number of nitrogens with one attached hydrogen (secondary N) is 1. The number of amides is 1. The fraction of sp³-hybridized carbons (Fsp3) is 0.562. The molecule has 1 aromatic carbocycles. The van der Waals surface area contributed by atoms with Crippen molar-refractivity contribution in [2.75, 3.05) is 6.61 Å². The Labute approximate surface area is 128 Å². The Hall–Kier alpha value is -0.870. The molecule has 0 radical (unpaired) electrons. The molecule has 4 heteroatoms. The van der Waals surface area contributed by atoms with E-state index in [1.807, 2.05) is 31.2 Å². The van der Waals surface area contributed by atoms with Crippen LogP contribution in [-0.2, 0) is 11.2 Å². The van der Waals surface area contributed by atoms with Crippen LogP contribution in [0.15, 0.2) is 28.7 Å². The lowest BCUT2D eigenvalue weighted by atomic mass is 9.95. The molecule has 1 atom stereocenters. The van der Waals surface area contributed by atoms with Crippen LogP contribution in [-0.4, -0.2) is 23.2 Å². The van der Waals surface area contributed by atoms with E-state index in [0.717, 1.165) is 42.1 Å². The lowest BCUT2D eigenvalue weighted by Gasteiger charge is -2.29. The largest absolute Gasteiger partial charge is 0.394 e. The van der Waals surface area contributed by atoms with Crippen LogP contribution in [0.3, 0.4) is 0 Å². The first-order chi connectivity index (χ1) is 9.54. The molecule has 1 aromatic rings. The maximum atomic E-state index is 12.3. The van der Waals surface area contributed by atoms with Crippen molar-refractivity contribution in [2.24, 2.45) is 5.92 Å². The van der Waals surface area contributed by atoms with Gasteiger partial charge in [0, 0.05) is 10.4 Å². The van der Waals surface area contributed by atoms with Crippen molar-refractivity contribution in [3.05, 3.63) is 34.3 Å². The molecular weight excluding hydrogens is 318 g/mol. The zero-order chi connectivity index (χ0) is 14.6. The highest BCUT2D eigenvalue weighted by Crippen LogP contribution is 2.29. The molecule has 3 nitrogen and oxygen atoms in total. The van der Waals surface area contributed by atoms with Gasteiger partial charge >= 0.3 is 0 Å². The van der Waals surface area contributed by atoms with Gasteiger partial charge in [-0.05, 0) is 37.0 Å². The van der Waals surface area contributed by atoms with Gasteiger partial charge in [-0.1, -0.05) is 47.8 Å². The van der Waals surface area contributed by atoms with Gasteiger partial charge < -0.3 is 10.4 Å². The van der Waals surface area contributed by atoms with Gasteiger partial charge in [-0.2, -0.15) is 0 Å². The summed E-state index contributed by atoms with van der Waals surface area (Å²) < 4.78 is 1.04. The fourth-order valence-corrected chi connectivity index (χ4v) is 3.09. The van der Waals surface area contributed by atoms with Gasteiger partial charge in [0.2, 0.25) is 5.91 Å². The third kappa shape index (κ3) is 3.83. The fourth-order valence-electron chi connectivity index (χ4n) is 2.83. The van der Waals surface area contributed by atoms with E-state index >= 15 is 0 Å². The molecule has 1 amide bonds. The minimum absolute atomic E-state index is 0.0452. The van der Waals surface area contributed by atoms with Crippen LogP contribution in [0.25, 0.3) is 0 Å². The first-order valence-electron chi connectivity index (χ1n) is 7.22. The maximum Gasteiger partial charge on any atom is 0.223 e. The van der Waals surface area contributed by atoms with Crippen molar-refractivity contribution in [1.82, 2.24) is 5.32 Å². The van der Waals surface area contributed by atoms with Crippen LogP contribution < -0.4 is 5.32 Å². The van der Waals surface area contributed by atoms with Gasteiger partial charge in [-0.15, -0.1) is 0 Å². The second kappa shape index (κ2) is 6.72. The summed E-state index contributed by atoms with van der Waals surface area (Å²) in [6.07, 6.45) is 4.67. The summed E-state index contributed by atoms with van der Waals surface area (Å²) in [4.78, 5) is 12.3. The lowest BCUT2D eigenvalue weighted by molar-refractivity contribution is -0.127. The summed E-state index contributed by atoms with van der Waals surface area (Å²) in [5.74, 6) is -0.0379. The summed E-state index contributed by atoms with van der Waals surface area (Å²) in [6, 6.07) is 8.05. The average molecular weight is 340 g/mol. The Balaban J connectivity index is 1.93. The Morgan fingerprint density at radius 1 is 1.35 bits per heavy atom. The van der Waals surface area contributed by atoms with Crippen molar-refractivity contribution in [3.63, 3.8) is 0 Å². The van der Waals surface area contributed by atoms with E-state index in [2.05, 4.69) is 21.2 Å². The predicted molar refractivity (Wildman–Crippen MR) is 83.4 cm³/mol. The smallest absolute Gasteiger partial charge is 0.223 e. The summed E-state index contributed by atoms with van der Waals surface area (Å²) in [7, 11) is 0. The number of carbonyl (C=O) groups excluding carboxylic acids is 1. The third-order valence-electron chi connectivity index (χ3n) is 4.15. The van der Waals surface area contributed by atoms with Crippen molar-refractivity contribution in [3.8, 4) is 0 Å². The highest BCUT2D eigenvalue weighted by Gasteiger charge is 2.35. The molecule has 0 spiro atoms. The normalized spacial score (nSPS) is 18.8. The number of halogens is 1. The van der Waals surface area contributed by atoms with Gasteiger partial charge in [0.05, 0.1) is 12.1 Å². The average Bonchev–Trinajstić information content (AvgIpc) is 2.90. The topological polar surface area (TPSA) is 49.3 Å². The van der Waals surface area contributed by atoms with Crippen LogP contribution in [0.2, 0.25) is 0 Å². The second-order valence-corrected chi connectivity index (χ2v) is 6.78. The molecule has 110 valence electrons. The van der Waals surface area contributed by atoms with Gasteiger partial charge in [0.1, 0.15) is 0 Å². The molecular formula is C16H22BrNO2. The second-order valence-electron chi connectivity index (χ2n) is 5.87. The van der Waals surface area contributed by atoms with Gasteiger partial charge in [0.15, 0.2) is 0 Å². The van der Waals surface area contributed by atoms with Crippen molar-refractivity contribution in [1.29, 1.82) is 0 Å². The molecule has 0 aliphatic heterocycles. The summed E-state index contributed by atoms with van der Waals surface area (Å²) in [5.41, 5.74) is 0.783. The first-order valence-corrected chi connectivity index (χ1v) is 8.01. The van der Waals surface area contributed by atoms with Crippen LogP contribution in [0.5, 0.6) is 0 Å². The number of carbonyl (C=O) groups is 1. The van der Waals surface area contributed by atoms with Crippen molar-refractivity contribution < 1.29 is 9.90 Å². The molecule has 2 rings (SSSR count). The van der Waals surface area contributed by atoms with E-state index in [0.29, 0.717) is 0 Å². The number of aliphatic hydroxyl groups is 1. The van der Waals surface area contributed by atoms with Gasteiger partial charge in [-0.3, -0.25) is 4.79 Å². The van der Waals surface area contributed by atoms with Gasteiger partial charge in [-0.25, -0.2) is 0 Å². The molecule has 0 saturated heterocycles. The molecule has 1 saturated carbocycles. The molecule has 1 aliphatic rings. The molecule has 0 aromatic heterocycles. The minimum atomic E-state index is -0.370. The van der Waals surface area contributed by atoms with Crippen LogP contribution in [0, 0.1) is 5.92 Å². The van der Waals surface area contributed by atoms with E-state index < -0.39 is 0 Å². The van der Waals surface area contributed by atoms with E-state index in [1.165, 1.54) is 0 Å². The summed E-state index contributed by atoms with van der Waals surface area (Å²) in [5, 5.41) is 12.6. The number of hydrogen-bond donors (Lipinski definition) is 2. The Morgan fingerprint density at radius 3 is 2.50 bits per heavy atom. The molecule has 20 heavy (non-hydrogen) atoms. The van der Waals surface area contributed by atoms with Crippen LogP contribution in [0.1, 0.15) is 38.2 Å². The van der Waals surface area contributed by atoms with E-state index in [9.17, 15) is 9.90 Å². The monoisotopic (exact) mass is 339 g/mol. The zero-order valence-electron chi connectivity index (χ0n) is 11.9. The SMILES string of the molecule is CC(Cc1ccc(Br)cc1)C(=O)NC1(CO)CCCC1. The van der Waals surface area contributed by atoms with Crippen molar-refractivity contribution in [2.45, 2.75) is 44.6 Å². The molecule has 0 heterocycles.